The van der Waals surface area contributed by atoms with Gasteiger partial charge in [0.15, 0.2) is 16.8 Å². The van der Waals surface area contributed by atoms with Crippen molar-refractivity contribution in [3.05, 3.63) is 80.9 Å². The van der Waals surface area contributed by atoms with Crippen LogP contribution in [-0.4, -0.2) is 22.6 Å². The Labute approximate surface area is 195 Å². The van der Waals surface area contributed by atoms with Gasteiger partial charge in [0.25, 0.3) is 0 Å². The van der Waals surface area contributed by atoms with Crippen LogP contribution in [0.25, 0.3) is 0 Å². The summed E-state index contributed by atoms with van der Waals surface area (Å²) in [5.74, 6) is -2.22. The maximum atomic E-state index is 14.2. The molecule has 2 unspecified atom stereocenters. The summed E-state index contributed by atoms with van der Waals surface area (Å²) < 4.78 is 33.2. The number of ether oxygens (including phenoxy) is 1. The zero-order chi connectivity index (χ0) is 23.2. The molecule has 0 N–H and O–H groups in total. The number of aliphatic imine (C=N–C) groups is 1. The number of amidine groups is 1. The first kappa shape index (κ1) is 22.8. The Hall–Kier alpha value is -2.38. The Morgan fingerprint density at radius 2 is 1.91 bits per heavy atom. The van der Waals surface area contributed by atoms with Crippen LogP contribution < -0.4 is 0 Å². The largest absolute Gasteiger partial charge is 0.462 e. The molecule has 4 nitrogen and oxygen atoms in total. The van der Waals surface area contributed by atoms with Gasteiger partial charge in [-0.2, -0.15) is 0 Å². The van der Waals surface area contributed by atoms with E-state index in [9.17, 15) is 13.6 Å². The zero-order valence-electron chi connectivity index (χ0n) is 18.2. The Balaban J connectivity index is 1.91. The summed E-state index contributed by atoms with van der Waals surface area (Å²) >= 11 is 7.39. The molecule has 2 aromatic rings. The number of halogens is 3. The number of hydrogen-bond acceptors (Lipinski definition) is 5. The van der Waals surface area contributed by atoms with Crippen LogP contribution in [0.2, 0.25) is 5.02 Å². The minimum atomic E-state index is -0.926. The molecule has 8 heteroatoms. The molecule has 0 aliphatic carbocycles. The van der Waals surface area contributed by atoms with Gasteiger partial charge in [0, 0.05) is 10.7 Å². The molecule has 4 rings (SSSR count). The highest BCUT2D eigenvalue weighted by atomic mass is 35.5. The zero-order valence-corrected chi connectivity index (χ0v) is 19.7. The normalized spacial score (nSPS) is 22.4. The van der Waals surface area contributed by atoms with E-state index in [0.717, 1.165) is 17.3 Å². The lowest BCUT2D eigenvalue weighted by molar-refractivity contribution is -0.137. The van der Waals surface area contributed by atoms with E-state index in [1.807, 2.05) is 37.8 Å². The average molecular weight is 477 g/mol. The summed E-state index contributed by atoms with van der Waals surface area (Å²) in [6.07, 6.45) is 0. The van der Waals surface area contributed by atoms with E-state index in [2.05, 4.69) is 0 Å². The number of allylic oxidation sites excluding steroid dienone is 1. The molecule has 0 saturated carbocycles. The Morgan fingerprint density at radius 3 is 2.50 bits per heavy atom. The van der Waals surface area contributed by atoms with Crippen LogP contribution in [0.1, 0.15) is 44.9 Å². The third-order valence-electron chi connectivity index (χ3n) is 5.71. The second kappa shape index (κ2) is 8.52. The molecule has 0 aromatic heterocycles. The summed E-state index contributed by atoms with van der Waals surface area (Å²) in [6.45, 7) is 7.94. The highest BCUT2D eigenvalue weighted by molar-refractivity contribution is 8.18. The number of fused-ring (bicyclic) bond motifs is 1. The van der Waals surface area contributed by atoms with Gasteiger partial charge in [-0.15, -0.1) is 0 Å². The molecule has 2 aliphatic heterocycles. The number of esters is 1. The SMILES string of the molecule is CCOC(=O)C1=C(C(C)C)N2C(=NC(C)(c3ccc(F)c(F)c3)C2c2ccc(Cl)cc2)S1. The Bertz CT molecular complexity index is 1130. The van der Waals surface area contributed by atoms with Crippen molar-refractivity contribution in [1.82, 2.24) is 4.90 Å². The van der Waals surface area contributed by atoms with Gasteiger partial charge in [-0.05, 0) is 66.9 Å². The summed E-state index contributed by atoms with van der Waals surface area (Å²) in [5, 5.41) is 1.22. The van der Waals surface area contributed by atoms with Crippen molar-refractivity contribution in [2.45, 2.75) is 39.3 Å². The molecule has 2 heterocycles. The fraction of sp³-hybridized carbons (Fsp3) is 0.333. The molecule has 0 bridgehead atoms. The summed E-state index contributed by atoms with van der Waals surface area (Å²) in [7, 11) is 0. The van der Waals surface area contributed by atoms with Gasteiger partial charge in [-0.25, -0.2) is 18.6 Å². The standard InChI is InChI=1S/C24H23ClF2N2O2S/c1-5-31-22(30)20-19(13(2)3)29-21(14-6-9-16(25)10-7-14)24(4,28-23(29)32-20)15-8-11-17(26)18(27)12-15/h6-13,21H,5H2,1-4H3. The molecule has 0 amide bonds. The fourth-order valence-corrected chi connectivity index (χ4v) is 5.70. The number of rotatable bonds is 5. The van der Waals surface area contributed by atoms with Gasteiger partial charge < -0.3 is 9.64 Å². The summed E-state index contributed by atoms with van der Waals surface area (Å²) in [4.78, 5) is 20.2. The lowest BCUT2D eigenvalue weighted by Crippen LogP contribution is -2.36. The average Bonchev–Trinajstić information content (AvgIpc) is 3.24. The third kappa shape index (κ3) is 3.71. The molecule has 2 atom stereocenters. The van der Waals surface area contributed by atoms with Gasteiger partial charge in [0.1, 0.15) is 10.4 Å². The summed E-state index contributed by atoms with van der Waals surface area (Å²) in [5.41, 5.74) is 1.31. The molecule has 0 spiro atoms. The molecular weight excluding hydrogens is 454 g/mol. The number of nitrogens with zero attached hydrogens (tertiary/aromatic N) is 2. The number of benzene rings is 2. The van der Waals surface area contributed by atoms with E-state index in [4.69, 9.17) is 21.3 Å². The van der Waals surface area contributed by atoms with Crippen molar-refractivity contribution < 1.29 is 18.3 Å². The van der Waals surface area contributed by atoms with E-state index >= 15 is 0 Å². The number of carbonyl (C=O) groups excluding carboxylic acids is 1. The highest BCUT2D eigenvalue weighted by Gasteiger charge is 2.53. The maximum Gasteiger partial charge on any atom is 0.346 e. The predicted octanol–water partition coefficient (Wildman–Crippen LogP) is 6.42. The van der Waals surface area contributed by atoms with E-state index in [-0.39, 0.29) is 18.5 Å². The second-order valence-corrected chi connectivity index (χ2v) is 9.60. The smallest absolute Gasteiger partial charge is 0.346 e. The molecule has 0 fully saturated rings. The molecule has 32 heavy (non-hydrogen) atoms. The van der Waals surface area contributed by atoms with Crippen molar-refractivity contribution in [3.63, 3.8) is 0 Å². The second-order valence-electron chi connectivity index (χ2n) is 8.19. The first-order valence-corrected chi connectivity index (χ1v) is 11.6. The van der Waals surface area contributed by atoms with Crippen LogP contribution in [0.15, 0.2) is 58.1 Å². The monoisotopic (exact) mass is 476 g/mol. The maximum absolute atomic E-state index is 14.2. The molecule has 168 valence electrons. The van der Waals surface area contributed by atoms with Gasteiger partial charge in [-0.1, -0.05) is 43.6 Å². The van der Waals surface area contributed by atoms with Crippen molar-refractivity contribution in [1.29, 1.82) is 0 Å². The van der Waals surface area contributed by atoms with Crippen LogP contribution in [0.5, 0.6) is 0 Å². The van der Waals surface area contributed by atoms with Gasteiger partial charge in [-0.3, -0.25) is 0 Å². The molecule has 2 aliphatic rings. The van der Waals surface area contributed by atoms with E-state index in [0.29, 0.717) is 20.7 Å². The first-order valence-electron chi connectivity index (χ1n) is 10.4. The van der Waals surface area contributed by atoms with Crippen LogP contribution in [-0.2, 0) is 15.1 Å². The topological polar surface area (TPSA) is 41.9 Å². The van der Waals surface area contributed by atoms with Crippen molar-refractivity contribution in [2.24, 2.45) is 10.9 Å². The van der Waals surface area contributed by atoms with Crippen LogP contribution in [0.4, 0.5) is 8.78 Å². The number of thioether (sulfide) groups is 1. The Kier molecular flexibility index (Phi) is 6.07. The van der Waals surface area contributed by atoms with E-state index in [1.165, 1.54) is 17.8 Å². The first-order chi connectivity index (χ1) is 15.2. The lowest BCUT2D eigenvalue weighted by atomic mass is 9.81. The number of hydrogen-bond donors (Lipinski definition) is 0. The quantitative estimate of drug-likeness (QED) is 0.467. The van der Waals surface area contributed by atoms with Crippen LogP contribution >= 0.6 is 23.4 Å². The van der Waals surface area contributed by atoms with Gasteiger partial charge in [0.05, 0.1) is 12.6 Å². The highest BCUT2D eigenvalue weighted by Crippen LogP contribution is 2.56. The van der Waals surface area contributed by atoms with Crippen molar-refractivity contribution in [3.8, 4) is 0 Å². The van der Waals surface area contributed by atoms with Crippen LogP contribution in [0, 0.1) is 17.6 Å². The predicted molar refractivity (Wildman–Crippen MR) is 123 cm³/mol. The Morgan fingerprint density at radius 1 is 1.22 bits per heavy atom. The van der Waals surface area contributed by atoms with Gasteiger partial charge in [0.2, 0.25) is 0 Å². The van der Waals surface area contributed by atoms with Crippen LogP contribution in [0.3, 0.4) is 0 Å². The number of carbonyl (C=O) groups is 1. The van der Waals surface area contributed by atoms with Gasteiger partial charge >= 0.3 is 5.97 Å². The lowest BCUT2D eigenvalue weighted by Gasteiger charge is -2.37. The molecule has 2 aromatic carbocycles. The summed E-state index contributed by atoms with van der Waals surface area (Å²) in [6, 6.07) is 10.8. The minimum Gasteiger partial charge on any atom is -0.462 e. The minimum absolute atomic E-state index is 0.00305. The fourth-order valence-electron chi connectivity index (χ4n) is 4.28. The molecule has 0 radical (unpaired) electrons. The van der Waals surface area contributed by atoms with Crippen molar-refractivity contribution >= 4 is 34.5 Å². The molecular formula is C24H23ClF2N2O2S. The van der Waals surface area contributed by atoms with E-state index in [1.54, 1.807) is 25.1 Å². The molecule has 0 saturated heterocycles. The van der Waals surface area contributed by atoms with E-state index < -0.39 is 23.2 Å². The third-order valence-corrected chi connectivity index (χ3v) is 7.01. The van der Waals surface area contributed by atoms with Crippen molar-refractivity contribution in [2.75, 3.05) is 6.61 Å².